The smallest absolute Gasteiger partial charge is 0.302 e. The van der Waals surface area contributed by atoms with Gasteiger partial charge < -0.3 is 4.74 Å². The van der Waals surface area contributed by atoms with Gasteiger partial charge in [-0.05, 0) is 18.4 Å². The predicted molar refractivity (Wildman–Crippen MR) is 75.0 cm³/mol. The summed E-state index contributed by atoms with van der Waals surface area (Å²) >= 11 is 0. The van der Waals surface area contributed by atoms with Crippen LogP contribution in [0.5, 0.6) is 0 Å². The Morgan fingerprint density at radius 1 is 1.25 bits per heavy atom. The van der Waals surface area contributed by atoms with Gasteiger partial charge in [0.2, 0.25) is 0 Å². The first-order chi connectivity index (χ1) is 9.50. The topological polar surface area (TPSA) is 43.4 Å². The van der Waals surface area contributed by atoms with E-state index >= 15 is 4.39 Å². The van der Waals surface area contributed by atoms with Gasteiger partial charge in [0.05, 0.1) is 6.61 Å². The Bertz CT molecular complexity index is 444. The Kier molecular flexibility index (Phi) is 6.36. The first kappa shape index (κ1) is 16.3. The SMILES string of the molecule is CCCCC(F)(C(=O)CCOC(C)=O)c1ccccc1. The number of hydrogen-bond donors (Lipinski definition) is 0. The minimum absolute atomic E-state index is 0.0706. The Labute approximate surface area is 119 Å². The van der Waals surface area contributed by atoms with Gasteiger partial charge in [-0.3, -0.25) is 9.59 Å². The summed E-state index contributed by atoms with van der Waals surface area (Å²) < 4.78 is 19.9. The molecule has 0 heterocycles. The van der Waals surface area contributed by atoms with Crippen molar-refractivity contribution in [2.45, 2.75) is 45.2 Å². The number of ketones is 1. The second-order valence-electron chi connectivity index (χ2n) is 4.78. The molecular formula is C16H21FO3. The van der Waals surface area contributed by atoms with Gasteiger partial charge in [-0.2, -0.15) is 0 Å². The Hall–Kier alpha value is -1.71. The second kappa shape index (κ2) is 7.78. The van der Waals surface area contributed by atoms with E-state index < -0.39 is 17.4 Å². The molecule has 110 valence electrons. The van der Waals surface area contributed by atoms with Gasteiger partial charge in [0.25, 0.3) is 0 Å². The summed E-state index contributed by atoms with van der Waals surface area (Å²) in [5.41, 5.74) is -1.61. The lowest BCUT2D eigenvalue weighted by atomic mass is 9.85. The van der Waals surface area contributed by atoms with Gasteiger partial charge in [-0.25, -0.2) is 4.39 Å². The van der Waals surface area contributed by atoms with E-state index in [0.29, 0.717) is 12.0 Å². The van der Waals surface area contributed by atoms with Crippen LogP contribution in [0, 0.1) is 0 Å². The maximum atomic E-state index is 15.1. The molecule has 1 aromatic rings. The van der Waals surface area contributed by atoms with Crippen molar-refractivity contribution < 1.29 is 18.7 Å². The molecule has 1 unspecified atom stereocenters. The number of ether oxygens (including phenoxy) is 1. The third-order valence-electron chi connectivity index (χ3n) is 3.18. The Balaban J connectivity index is 2.82. The highest BCUT2D eigenvalue weighted by Crippen LogP contribution is 2.33. The van der Waals surface area contributed by atoms with Gasteiger partial charge in [0.15, 0.2) is 11.5 Å². The molecule has 0 aliphatic carbocycles. The Morgan fingerprint density at radius 3 is 2.45 bits per heavy atom. The number of Topliss-reactive ketones (excluding diaryl/α,β-unsaturated/α-hetero) is 1. The standard InChI is InChI=1S/C16H21FO3/c1-3-4-11-16(17,14-8-6-5-7-9-14)15(19)10-12-20-13(2)18/h5-9H,3-4,10-12H2,1-2H3. The van der Waals surface area contributed by atoms with Crippen LogP contribution in [0.2, 0.25) is 0 Å². The van der Waals surface area contributed by atoms with E-state index in [1.54, 1.807) is 30.3 Å². The minimum Gasteiger partial charge on any atom is -0.465 e. The van der Waals surface area contributed by atoms with Crippen molar-refractivity contribution in [3.05, 3.63) is 35.9 Å². The Morgan fingerprint density at radius 2 is 1.90 bits per heavy atom. The zero-order chi connectivity index (χ0) is 15.0. The van der Waals surface area contributed by atoms with Crippen LogP contribution in [0.1, 0.15) is 45.1 Å². The van der Waals surface area contributed by atoms with Crippen molar-refractivity contribution in [1.82, 2.24) is 0 Å². The molecule has 0 saturated carbocycles. The van der Waals surface area contributed by atoms with E-state index in [1.807, 2.05) is 6.92 Å². The summed E-state index contributed by atoms with van der Waals surface area (Å²) in [5, 5.41) is 0. The van der Waals surface area contributed by atoms with Crippen LogP contribution in [0.25, 0.3) is 0 Å². The summed E-state index contributed by atoms with van der Waals surface area (Å²) in [5.74, 6) is -0.992. The number of hydrogen-bond acceptors (Lipinski definition) is 3. The van der Waals surface area contributed by atoms with Gasteiger partial charge in [-0.15, -0.1) is 0 Å². The molecule has 1 rings (SSSR count). The van der Waals surface area contributed by atoms with Gasteiger partial charge in [0.1, 0.15) is 0 Å². The summed E-state index contributed by atoms with van der Waals surface area (Å²) in [6.07, 6.45) is 1.50. The maximum Gasteiger partial charge on any atom is 0.302 e. The fourth-order valence-corrected chi connectivity index (χ4v) is 2.05. The third kappa shape index (κ3) is 4.44. The van der Waals surface area contributed by atoms with E-state index in [1.165, 1.54) is 6.92 Å². The average Bonchev–Trinajstić information content (AvgIpc) is 2.45. The van der Waals surface area contributed by atoms with Crippen molar-refractivity contribution in [3.8, 4) is 0 Å². The molecular weight excluding hydrogens is 259 g/mol. The molecule has 0 saturated heterocycles. The van der Waals surface area contributed by atoms with E-state index in [4.69, 9.17) is 4.74 Å². The number of carbonyl (C=O) groups excluding carboxylic acids is 2. The molecule has 0 aliphatic rings. The molecule has 4 heteroatoms. The molecule has 1 atom stereocenters. The highest BCUT2D eigenvalue weighted by atomic mass is 19.1. The van der Waals surface area contributed by atoms with Gasteiger partial charge >= 0.3 is 5.97 Å². The number of esters is 1. The van der Waals surface area contributed by atoms with Gasteiger partial charge in [-0.1, -0.05) is 43.7 Å². The normalized spacial score (nSPS) is 13.6. The molecule has 20 heavy (non-hydrogen) atoms. The molecule has 0 fully saturated rings. The molecule has 0 bridgehead atoms. The highest BCUT2D eigenvalue weighted by molar-refractivity contribution is 5.88. The summed E-state index contributed by atoms with van der Waals surface area (Å²) in [4.78, 5) is 22.9. The first-order valence-corrected chi connectivity index (χ1v) is 6.91. The van der Waals surface area contributed by atoms with E-state index in [-0.39, 0.29) is 19.4 Å². The van der Waals surface area contributed by atoms with Crippen molar-refractivity contribution in [1.29, 1.82) is 0 Å². The van der Waals surface area contributed by atoms with Crippen LogP contribution < -0.4 is 0 Å². The van der Waals surface area contributed by atoms with Gasteiger partial charge in [0, 0.05) is 13.3 Å². The van der Waals surface area contributed by atoms with Crippen LogP contribution >= 0.6 is 0 Å². The number of alkyl halides is 1. The highest BCUT2D eigenvalue weighted by Gasteiger charge is 2.38. The van der Waals surface area contributed by atoms with Crippen molar-refractivity contribution in [2.24, 2.45) is 0 Å². The fourth-order valence-electron chi connectivity index (χ4n) is 2.05. The zero-order valence-corrected chi connectivity index (χ0v) is 12.0. The summed E-state index contributed by atoms with van der Waals surface area (Å²) in [6.45, 7) is 3.15. The quantitative estimate of drug-likeness (QED) is 0.684. The molecule has 1 aromatic carbocycles. The maximum absolute atomic E-state index is 15.1. The lowest BCUT2D eigenvalue weighted by Crippen LogP contribution is -2.32. The second-order valence-corrected chi connectivity index (χ2v) is 4.78. The van der Waals surface area contributed by atoms with Crippen molar-refractivity contribution in [2.75, 3.05) is 6.61 Å². The molecule has 0 N–H and O–H groups in total. The zero-order valence-electron chi connectivity index (χ0n) is 12.0. The van der Waals surface area contributed by atoms with Crippen LogP contribution in [-0.2, 0) is 20.0 Å². The molecule has 0 radical (unpaired) electrons. The van der Waals surface area contributed by atoms with Crippen molar-refractivity contribution >= 4 is 11.8 Å². The molecule has 0 aromatic heterocycles. The van der Waals surface area contributed by atoms with Crippen LogP contribution in [-0.4, -0.2) is 18.4 Å². The van der Waals surface area contributed by atoms with Crippen molar-refractivity contribution in [3.63, 3.8) is 0 Å². The third-order valence-corrected chi connectivity index (χ3v) is 3.18. The number of benzene rings is 1. The first-order valence-electron chi connectivity index (χ1n) is 6.91. The number of rotatable bonds is 8. The van der Waals surface area contributed by atoms with Crippen LogP contribution in [0.4, 0.5) is 4.39 Å². The van der Waals surface area contributed by atoms with Crippen LogP contribution in [0.15, 0.2) is 30.3 Å². The summed E-state index contributed by atoms with van der Waals surface area (Å²) in [7, 11) is 0. The lowest BCUT2D eigenvalue weighted by molar-refractivity contribution is -0.143. The lowest BCUT2D eigenvalue weighted by Gasteiger charge is -2.24. The summed E-state index contributed by atoms with van der Waals surface area (Å²) in [6, 6.07) is 8.47. The predicted octanol–water partition coefficient (Wildman–Crippen LogP) is 3.56. The number of carbonyl (C=O) groups is 2. The molecule has 0 amide bonds. The monoisotopic (exact) mass is 280 g/mol. The minimum atomic E-state index is -1.99. The van der Waals surface area contributed by atoms with Crippen LogP contribution in [0.3, 0.4) is 0 Å². The molecule has 0 aliphatic heterocycles. The van der Waals surface area contributed by atoms with E-state index in [0.717, 1.165) is 6.42 Å². The largest absolute Gasteiger partial charge is 0.465 e. The van der Waals surface area contributed by atoms with E-state index in [2.05, 4.69) is 0 Å². The van der Waals surface area contributed by atoms with E-state index in [9.17, 15) is 9.59 Å². The fraction of sp³-hybridized carbons (Fsp3) is 0.500. The number of unbranched alkanes of at least 4 members (excludes halogenated alkanes) is 1. The average molecular weight is 280 g/mol. The molecule has 0 spiro atoms. The molecule has 3 nitrogen and oxygen atoms in total. The number of halogens is 1.